The molecule has 0 atom stereocenters. The minimum absolute atomic E-state index is 0.0561. The summed E-state index contributed by atoms with van der Waals surface area (Å²) in [5.41, 5.74) is -0.460. The second-order valence-corrected chi connectivity index (χ2v) is 9.18. The summed E-state index contributed by atoms with van der Waals surface area (Å²) in [6.45, 7) is -0.103. The van der Waals surface area contributed by atoms with Crippen LogP contribution in [-0.4, -0.2) is 26.5 Å². The molecule has 0 unspecified atom stereocenters. The minimum Gasteiger partial charge on any atom is -0.481 e. The summed E-state index contributed by atoms with van der Waals surface area (Å²) in [5.74, 6) is -1.33. The molecule has 0 radical (unpaired) electrons. The van der Waals surface area contributed by atoms with Crippen LogP contribution in [0.3, 0.4) is 0 Å². The molecule has 2 N–H and O–H groups in total. The van der Waals surface area contributed by atoms with Gasteiger partial charge in [-0.3, -0.25) is 19.0 Å². The third kappa shape index (κ3) is 6.87. The van der Waals surface area contributed by atoms with Gasteiger partial charge < -0.3 is 15.2 Å². The van der Waals surface area contributed by atoms with Gasteiger partial charge in [0.2, 0.25) is 5.91 Å². The Balaban J connectivity index is 1.53. The zero-order valence-electron chi connectivity index (χ0n) is 19.8. The van der Waals surface area contributed by atoms with Gasteiger partial charge in [0.1, 0.15) is 5.75 Å². The average molecular weight is 580 g/mol. The molecule has 0 aliphatic heterocycles. The Labute approximate surface area is 228 Å². The summed E-state index contributed by atoms with van der Waals surface area (Å²) >= 11 is 12.6. The van der Waals surface area contributed by atoms with Crippen molar-refractivity contribution in [1.82, 2.24) is 9.55 Å². The number of halogens is 5. The number of benzene rings is 3. The Morgan fingerprint density at radius 3 is 2.41 bits per heavy atom. The highest BCUT2D eigenvalue weighted by Gasteiger charge is 2.30. The highest BCUT2D eigenvalue weighted by Crippen LogP contribution is 2.39. The lowest BCUT2D eigenvalue weighted by Crippen LogP contribution is -2.21. The van der Waals surface area contributed by atoms with E-state index in [1.54, 1.807) is 0 Å². The smallest absolute Gasteiger partial charge is 0.416 e. The van der Waals surface area contributed by atoms with Gasteiger partial charge in [0, 0.05) is 18.2 Å². The number of fused-ring (bicyclic) bond motifs is 1. The number of carboxylic acids is 1. The molecule has 3 aromatic carbocycles. The van der Waals surface area contributed by atoms with Crippen LogP contribution in [0.25, 0.3) is 10.9 Å². The van der Waals surface area contributed by atoms with E-state index < -0.39 is 29.2 Å². The maximum atomic E-state index is 13.0. The van der Waals surface area contributed by atoms with Crippen LogP contribution >= 0.6 is 23.2 Å². The maximum absolute atomic E-state index is 13.0. The number of carbonyl (C=O) groups excluding carboxylic acids is 1. The Morgan fingerprint density at radius 2 is 1.74 bits per heavy atom. The molecule has 0 aliphatic carbocycles. The van der Waals surface area contributed by atoms with Crippen molar-refractivity contribution in [3.8, 4) is 11.5 Å². The van der Waals surface area contributed by atoms with Crippen molar-refractivity contribution < 1.29 is 32.6 Å². The number of alkyl halides is 3. The van der Waals surface area contributed by atoms with Gasteiger partial charge in [-0.25, -0.2) is 4.98 Å². The number of amides is 1. The standard InChI is InChI=1S/C26H18Cl2F3N3O5/c27-19-9-16(33-22(35)6-7-23(36)37)10-20(28)24(19)39-17-4-5-18-21(11-17)32-13-34(25(18)38)12-14-2-1-3-15(8-14)26(29,30)31/h1-5,8-11,13H,6-7,12H2,(H,33,35)(H,36,37). The first-order chi connectivity index (χ1) is 18.4. The molecule has 0 spiro atoms. The second kappa shape index (κ2) is 11.3. The third-order valence-electron chi connectivity index (χ3n) is 5.47. The summed E-state index contributed by atoms with van der Waals surface area (Å²) in [5, 5.41) is 11.5. The molecule has 39 heavy (non-hydrogen) atoms. The molecule has 8 nitrogen and oxygen atoms in total. The van der Waals surface area contributed by atoms with Crippen molar-refractivity contribution in [2.75, 3.05) is 5.32 Å². The number of carboxylic acid groups (broad SMARTS) is 1. The van der Waals surface area contributed by atoms with E-state index in [4.69, 9.17) is 33.0 Å². The van der Waals surface area contributed by atoms with Crippen LogP contribution in [0.5, 0.6) is 11.5 Å². The van der Waals surface area contributed by atoms with Gasteiger partial charge >= 0.3 is 12.1 Å². The molecule has 4 rings (SSSR count). The fourth-order valence-corrected chi connectivity index (χ4v) is 4.21. The summed E-state index contributed by atoms with van der Waals surface area (Å²) < 4.78 is 46.0. The van der Waals surface area contributed by atoms with Crippen molar-refractivity contribution in [2.24, 2.45) is 0 Å². The van der Waals surface area contributed by atoms with Crippen molar-refractivity contribution in [3.05, 3.63) is 92.5 Å². The van der Waals surface area contributed by atoms with E-state index >= 15 is 0 Å². The lowest BCUT2D eigenvalue weighted by Gasteiger charge is -2.13. The van der Waals surface area contributed by atoms with Gasteiger partial charge in [-0.1, -0.05) is 35.3 Å². The number of hydrogen-bond donors (Lipinski definition) is 2. The first-order valence-electron chi connectivity index (χ1n) is 11.2. The van der Waals surface area contributed by atoms with E-state index in [2.05, 4.69) is 10.3 Å². The third-order valence-corrected chi connectivity index (χ3v) is 6.03. The molecule has 0 bridgehead atoms. The lowest BCUT2D eigenvalue weighted by atomic mass is 10.1. The minimum atomic E-state index is -4.50. The van der Waals surface area contributed by atoms with E-state index in [-0.39, 0.29) is 57.5 Å². The Bertz CT molecular complexity index is 1620. The number of aromatic nitrogens is 2. The molecule has 202 valence electrons. The maximum Gasteiger partial charge on any atom is 0.416 e. The molecular weight excluding hydrogens is 562 g/mol. The molecule has 1 heterocycles. The normalized spacial score (nSPS) is 11.4. The molecule has 0 saturated carbocycles. The topological polar surface area (TPSA) is 111 Å². The summed E-state index contributed by atoms with van der Waals surface area (Å²) in [4.78, 5) is 39.7. The lowest BCUT2D eigenvalue weighted by molar-refractivity contribution is -0.138. The SMILES string of the molecule is O=C(O)CCC(=O)Nc1cc(Cl)c(Oc2ccc3c(=O)n(Cc4cccc(C(F)(F)F)c4)cnc3c2)c(Cl)c1. The number of hydrogen-bond acceptors (Lipinski definition) is 5. The van der Waals surface area contributed by atoms with Gasteiger partial charge in [-0.05, 0) is 42.0 Å². The number of ether oxygens (including phenoxy) is 1. The molecule has 1 amide bonds. The van der Waals surface area contributed by atoms with E-state index in [9.17, 15) is 27.6 Å². The number of nitrogens with zero attached hydrogens (tertiary/aromatic N) is 2. The Hall–Kier alpha value is -4.09. The predicted octanol–water partition coefficient (Wildman–Crippen LogP) is 6.37. The van der Waals surface area contributed by atoms with Gasteiger partial charge in [-0.2, -0.15) is 13.2 Å². The fraction of sp³-hybridized carbons (Fsp3) is 0.154. The van der Waals surface area contributed by atoms with Crippen LogP contribution in [0.2, 0.25) is 10.0 Å². The quantitative estimate of drug-likeness (QED) is 0.251. The van der Waals surface area contributed by atoms with E-state index in [1.807, 2.05) is 0 Å². The Kier molecular flexibility index (Phi) is 8.12. The average Bonchev–Trinajstić information content (AvgIpc) is 2.86. The van der Waals surface area contributed by atoms with Crippen LogP contribution in [-0.2, 0) is 22.3 Å². The number of rotatable bonds is 8. The van der Waals surface area contributed by atoms with Crippen LogP contribution in [0.15, 0.2) is 65.7 Å². The molecule has 13 heteroatoms. The van der Waals surface area contributed by atoms with Crippen LogP contribution in [0, 0.1) is 0 Å². The highest BCUT2D eigenvalue weighted by molar-refractivity contribution is 6.37. The zero-order chi connectivity index (χ0) is 28.3. The number of aliphatic carboxylic acids is 1. The van der Waals surface area contributed by atoms with Crippen molar-refractivity contribution >= 4 is 51.7 Å². The van der Waals surface area contributed by atoms with Gasteiger partial charge in [0.05, 0.1) is 45.8 Å². The number of anilines is 1. The molecule has 4 aromatic rings. The van der Waals surface area contributed by atoms with Crippen LogP contribution in [0.1, 0.15) is 24.0 Å². The van der Waals surface area contributed by atoms with E-state index in [1.165, 1.54) is 53.4 Å². The summed E-state index contributed by atoms with van der Waals surface area (Å²) in [6.07, 6.45) is -3.83. The van der Waals surface area contributed by atoms with Crippen LogP contribution < -0.4 is 15.6 Å². The van der Waals surface area contributed by atoms with Gasteiger partial charge in [0.25, 0.3) is 5.56 Å². The largest absolute Gasteiger partial charge is 0.481 e. The van der Waals surface area contributed by atoms with Gasteiger partial charge in [-0.15, -0.1) is 0 Å². The second-order valence-electron chi connectivity index (χ2n) is 8.37. The molecule has 1 aromatic heterocycles. The van der Waals surface area contributed by atoms with Crippen molar-refractivity contribution in [1.29, 1.82) is 0 Å². The molecule has 0 fully saturated rings. The summed E-state index contributed by atoms with van der Waals surface area (Å²) in [6, 6.07) is 11.9. The predicted molar refractivity (Wildman–Crippen MR) is 139 cm³/mol. The first kappa shape index (κ1) is 27.9. The zero-order valence-corrected chi connectivity index (χ0v) is 21.3. The van der Waals surface area contributed by atoms with Gasteiger partial charge in [0.15, 0.2) is 5.75 Å². The van der Waals surface area contributed by atoms with E-state index in [0.29, 0.717) is 5.56 Å². The number of carbonyl (C=O) groups is 2. The first-order valence-corrected chi connectivity index (χ1v) is 12.0. The van der Waals surface area contributed by atoms with Crippen molar-refractivity contribution in [3.63, 3.8) is 0 Å². The monoisotopic (exact) mass is 579 g/mol. The fourth-order valence-electron chi connectivity index (χ4n) is 3.65. The number of nitrogens with one attached hydrogen (secondary N) is 1. The van der Waals surface area contributed by atoms with Crippen molar-refractivity contribution in [2.45, 2.75) is 25.6 Å². The highest BCUT2D eigenvalue weighted by atomic mass is 35.5. The molecular formula is C26H18Cl2F3N3O5. The van der Waals surface area contributed by atoms with Crippen LogP contribution in [0.4, 0.5) is 18.9 Å². The molecule has 0 saturated heterocycles. The summed E-state index contributed by atoms with van der Waals surface area (Å²) in [7, 11) is 0. The molecule has 0 aliphatic rings. The van der Waals surface area contributed by atoms with E-state index in [0.717, 1.165) is 12.1 Å². The Morgan fingerprint density at radius 1 is 1.03 bits per heavy atom.